The van der Waals surface area contributed by atoms with Gasteiger partial charge in [0.25, 0.3) is 0 Å². The summed E-state index contributed by atoms with van der Waals surface area (Å²) < 4.78 is 6.06. The Morgan fingerprint density at radius 1 is 1.27 bits per heavy atom. The first kappa shape index (κ1) is 20.0. The van der Waals surface area contributed by atoms with E-state index in [1.54, 1.807) is 12.1 Å². The molecule has 1 heterocycles. The monoisotopic (exact) mass is 465 g/mol. The predicted octanol–water partition coefficient (Wildman–Crippen LogP) is 4.47. The van der Waals surface area contributed by atoms with Crippen LogP contribution in [0.5, 0.6) is 11.5 Å². The van der Waals surface area contributed by atoms with E-state index in [0.717, 1.165) is 22.3 Å². The minimum Gasteiger partial charge on any atom is -0.504 e. The number of aromatic hydroxyl groups is 1. The number of phenolic OH excluding ortho intramolecular Hbond substituents is 1. The third kappa shape index (κ3) is 3.14. The van der Waals surface area contributed by atoms with Crippen LogP contribution in [0.4, 0.5) is 5.69 Å². The Morgan fingerprint density at radius 2 is 2.03 bits per heavy atom. The van der Waals surface area contributed by atoms with E-state index in [0.29, 0.717) is 35.4 Å². The molecule has 2 aromatic rings. The molecular formula is C23H20BrN3O3. The topological polar surface area (TPSA) is 99.6 Å². The molecule has 1 atom stereocenters. The van der Waals surface area contributed by atoms with Gasteiger partial charge in [-0.2, -0.15) is 5.26 Å². The zero-order valence-electron chi connectivity index (χ0n) is 16.4. The number of nitriles is 1. The number of carbonyl (C=O) groups excluding carboxylic acids is 1. The van der Waals surface area contributed by atoms with Gasteiger partial charge in [0.05, 0.1) is 30.4 Å². The fourth-order valence-electron chi connectivity index (χ4n) is 4.20. The van der Waals surface area contributed by atoms with Crippen LogP contribution in [0.15, 0.2) is 69.6 Å². The van der Waals surface area contributed by atoms with Gasteiger partial charge in [-0.25, -0.2) is 0 Å². The van der Waals surface area contributed by atoms with Gasteiger partial charge in [0.2, 0.25) is 0 Å². The number of nitrogens with zero attached hydrogens (tertiary/aromatic N) is 2. The zero-order valence-corrected chi connectivity index (χ0v) is 17.9. The van der Waals surface area contributed by atoms with Crippen LogP contribution in [0.1, 0.15) is 30.7 Å². The maximum Gasteiger partial charge on any atom is 0.161 e. The average Bonchev–Trinajstić information content (AvgIpc) is 2.74. The number of anilines is 1. The molecule has 0 spiro atoms. The highest BCUT2D eigenvalue weighted by molar-refractivity contribution is 9.10. The lowest BCUT2D eigenvalue weighted by Crippen LogP contribution is -2.38. The third-order valence-corrected chi connectivity index (χ3v) is 6.21. The molecule has 7 heteroatoms. The maximum atomic E-state index is 13.1. The number of para-hydroxylation sites is 1. The van der Waals surface area contributed by atoms with Crippen molar-refractivity contribution in [3.63, 3.8) is 0 Å². The lowest BCUT2D eigenvalue weighted by atomic mass is 9.75. The molecule has 2 aliphatic rings. The van der Waals surface area contributed by atoms with Crippen molar-refractivity contribution in [3.05, 3.63) is 75.2 Å². The number of phenols is 1. The van der Waals surface area contributed by atoms with Crippen molar-refractivity contribution < 1.29 is 14.6 Å². The van der Waals surface area contributed by atoms with Gasteiger partial charge in [0.15, 0.2) is 17.3 Å². The zero-order chi connectivity index (χ0) is 21.4. The first-order chi connectivity index (χ1) is 14.5. The highest BCUT2D eigenvalue weighted by Gasteiger charge is 2.40. The van der Waals surface area contributed by atoms with Crippen molar-refractivity contribution in [3.8, 4) is 17.6 Å². The number of hydrogen-bond donors (Lipinski definition) is 2. The smallest absolute Gasteiger partial charge is 0.161 e. The van der Waals surface area contributed by atoms with Crippen LogP contribution in [0.2, 0.25) is 0 Å². The summed E-state index contributed by atoms with van der Waals surface area (Å²) in [5.74, 6) is -0.0277. The van der Waals surface area contributed by atoms with Gasteiger partial charge in [-0.1, -0.05) is 18.2 Å². The minimum atomic E-state index is -0.606. The van der Waals surface area contributed by atoms with Crippen LogP contribution in [-0.4, -0.2) is 18.0 Å². The fourth-order valence-corrected chi connectivity index (χ4v) is 4.66. The molecule has 3 N–H and O–H groups in total. The van der Waals surface area contributed by atoms with Crippen LogP contribution in [0, 0.1) is 11.3 Å². The summed E-state index contributed by atoms with van der Waals surface area (Å²) >= 11 is 3.57. The summed E-state index contributed by atoms with van der Waals surface area (Å²) in [6, 6.07) is 14.7. The van der Waals surface area contributed by atoms with Crippen molar-refractivity contribution in [2.75, 3.05) is 12.0 Å². The fraction of sp³-hybridized carbons (Fsp3) is 0.217. The van der Waals surface area contributed by atoms with Gasteiger partial charge in [-0.05, 0) is 58.6 Å². The number of allylic oxidation sites excluding steroid dienone is 3. The van der Waals surface area contributed by atoms with E-state index in [4.69, 9.17) is 10.5 Å². The molecule has 2 aromatic carbocycles. The number of Topliss-reactive ketones (excluding diaryl/α,β-unsaturated/α-hetero) is 1. The van der Waals surface area contributed by atoms with Gasteiger partial charge >= 0.3 is 0 Å². The molecule has 4 rings (SSSR count). The number of carbonyl (C=O) groups is 1. The number of methoxy groups -OCH3 is 1. The largest absolute Gasteiger partial charge is 0.504 e. The van der Waals surface area contributed by atoms with Crippen molar-refractivity contribution in [2.45, 2.75) is 25.2 Å². The lowest BCUT2D eigenvalue weighted by molar-refractivity contribution is -0.116. The number of ketones is 1. The Labute approximate surface area is 183 Å². The standard InChI is InChI=1S/C23H20BrN3O3/c1-30-20-11-13(9-10-18(20)28)21-14(12-25)23(26)27(16-6-3-2-5-15(16)24)17-7-4-8-19(29)22(17)21/h2-3,5-6,9-11,21,28H,4,7-8,26H2,1H3. The SMILES string of the molecule is COc1cc(C2C(C#N)=C(N)N(c3ccccc3Br)C3=C2C(=O)CCC3)ccc1O. The summed E-state index contributed by atoms with van der Waals surface area (Å²) in [6.07, 6.45) is 1.82. The van der Waals surface area contributed by atoms with Gasteiger partial charge in [0.1, 0.15) is 5.82 Å². The highest BCUT2D eigenvalue weighted by atomic mass is 79.9. The summed E-state index contributed by atoms with van der Waals surface area (Å²) in [5, 5.41) is 20.0. The molecule has 0 fully saturated rings. The molecular weight excluding hydrogens is 446 g/mol. The van der Waals surface area contributed by atoms with E-state index < -0.39 is 5.92 Å². The van der Waals surface area contributed by atoms with Crippen LogP contribution >= 0.6 is 15.9 Å². The van der Waals surface area contributed by atoms with E-state index in [2.05, 4.69) is 22.0 Å². The number of rotatable bonds is 3. The lowest BCUT2D eigenvalue weighted by Gasteiger charge is -2.40. The molecule has 0 aromatic heterocycles. The molecule has 1 aliphatic carbocycles. The molecule has 0 saturated heterocycles. The molecule has 0 amide bonds. The molecule has 152 valence electrons. The van der Waals surface area contributed by atoms with Crippen molar-refractivity contribution >= 4 is 27.4 Å². The number of halogens is 1. The third-order valence-electron chi connectivity index (χ3n) is 5.54. The quantitative estimate of drug-likeness (QED) is 0.693. The Bertz CT molecular complexity index is 1150. The van der Waals surface area contributed by atoms with Crippen LogP contribution in [0.3, 0.4) is 0 Å². The minimum absolute atomic E-state index is 0.00518. The number of nitrogens with two attached hydrogens (primary N) is 1. The predicted molar refractivity (Wildman–Crippen MR) is 117 cm³/mol. The first-order valence-corrected chi connectivity index (χ1v) is 10.3. The highest BCUT2D eigenvalue weighted by Crippen LogP contribution is 2.48. The van der Waals surface area contributed by atoms with Gasteiger partial charge < -0.3 is 15.6 Å². The van der Waals surface area contributed by atoms with Crippen LogP contribution in [0.25, 0.3) is 0 Å². The molecule has 0 radical (unpaired) electrons. The van der Waals surface area contributed by atoms with Crippen LogP contribution < -0.4 is 15.4 Å². The van der Waals surface area contributed by atoms with E-state index in [1.165, 1.54) is 13.2 Å². The molecule has 30 heavy (non-hydrogen) atoms. The second-order valence-electron chi connectivity index (χ2n) is 7.20. The van der Waals surface area contributed by atoms with Crippen molar-refractivity contribution in [1.82, 2.24) is 0 Å². The molecule has 0 bridgehead atoms. The first-order valence-electron chi connectivity index (χ1n) is 9.55. The Kier molecular flexibility index (Phi) is 5.27. The Morgan fingerprint density at radius 3 is 2.73 bits per heavy atom. The Balaban J connectivity index is 1.99. The number of benzene rings is 2. The molecule has 0 saturated carbocycles. The average molecular weight is 466 g/mol. The van der Waals surface area contributed by atoms with Crippen LogP contribution in [-0.2, 0) is 4.79 Å². The molecule has 1 unspecified atom stereocenters. The van der Waals surface area contributed by atoms with E-state index >= 15 is 0 Å². The van der Waals surface area contributed by atoms with E-state index in [1.807, 2.05) is 29.2 Å². The molecule has 1 aliphatic heterocycles. The van der Waals surface area contributed by atoms with Crippen molar-refractivity contribution in [2.24, 2.45) is 5.73 Å². The Hall–Kier alpha value is -3.24. The summed E-state index contributed by atoms with van der Waals surface area (Å²) in [7, 11) is 1.46. The summed E-state index contributed by atoms with van der Waals surface area (Å²) in [6.45, 7) is 0. The van der Waals surface area contributed by atoms with Crippen molar-refractivity contribution in [1.29, 1.82) is 5.26 Å². The second kappa shape index (κ2) is 7.88. The van der Waals surface area contributed by atoms with E-state index in [9.17, 15) is 15.2 Å². The summed E-state index contributed by atoms with van der Waals surface area (Å²) in [4.78, 5) is 14.9. The van der Waals surface area contributed by atoms with Gasteiger partial charge in [-0.3, -0.25) is 9.69 Å². The number of ether oxygens (including phenoxy) is 1. The van der Waals surface area contributed by atoms with E-state index in [-0.39, 0.29) is 17.3 Å². The maximum absolute atomic E-state index is 13.1. The normalized spacial score (nSPS) is 18.9. The molecule has 6 nitrogen and oxygen atoms in total. The van der Waals surface area contributed by atoms with Gasteiger partial charge in [-0.15, -0.1) is 0 Å². The van der Waals surface area contributed by atoms with Gasteiger partial charge in [0, 0.05) is 22.2 Å². The second-order valence-corrected chi connectivity index (χ2v) is 8.05. The number of hydrogen-bond acceptors (Lipinski definition) is 6. The summed E-state index contributed by atoms with van der Waals surface area (Å²) in [5.41, 5.74) is 9.70.